The lowest BCUT2D eigenvalue weighted by atomic mass is 10.2. The molecule has 0 fully saturated rings. The molecular weight excluding hydrogens is 327 g/mol. The normalized spacial score (nSPS) is 14.3. The number of aromatic nitrogens is 2. The van der Waals surface area contributed by atoms with E-state index >= 15 is 0 Å². The number of nitrogens with zero attached hydrogens (tertiary/aromatic N) is 3. The second kappa shape index (κ2) is 6.27. The van der Waals surface area contributed by atoms with E-state index in [0.29, 0.717) is 11.3 Å². The van der Waals surface area contributed by atoms with Gasteiger partial charge in [0.05, 0.1) is 22.2 Å². The zero-order valence-corrected chi connectivity index (χ0v) is 13.6. The Hall–Kier alpha value is -1.96. The first-order valence-corrected chi connectivity index (χ1v) is 7.86. The highest BCUT2D eigenvalue weighted by molar-refractivity contribution is 7.85. The molecule has 2 aromatic rings. The summed E-state index contributed by atoms with van der Waals surface area (Å²) in [6, 6.07) is 6.59. The van der Waals surface area contributed by atoms with Crippen molar-refractivity contribution >= 4 is 17.2 Å². The fraction of sp³-hybridized carbons (Fsp3) is 0.333. The van der Waals surface area contributed by atoms with Gasteiger partial charge in [-0.3, -0.25) is 0 Å². The Bertz CT molecular complexity index is 728. The molecule has 0 N–H and O–H groups in total. The van der Waals surface area contributed by atoms with Gasteiger partial charge >= 0.3 is 6.18 Å². The molecule has 0 bridgehead atoms. The molecule has 1 heterocycles. The first-order chi connectivity index (χ1) is 10.6. The predicted molar refractivity (Wildman–Crippen MR) is 84.1 cm³/mol. The number of halogens is 3. The quantitative estimate of drug-likeness (QED) is 0.797. The molecule has 0 radical (unpaired) electrons. The summed E-state index contributed by atoms with van der Waals surface area (Å²) < 4.78 is 54.2. The van der Waals surface area contributed by atoms with E-state index < -0.39 is 27.5 Å². The fourth-order valence-electron chi connectivity index (χ4n) is 1.59. The van der Waals surface area contributed by atoms with Crippen molar-refractivity contribution in [1.29, 1.82) is 0 Å². The van der Waals surface area contributed by atoms with Crippen LogP contribution in [0.25, 0.3) is 5.69 Å². The first-order valence-electron chi connectivity index (χ1n) is 6.76. The van der Waals surface area contributed by atoms with Crippen molar-refractivity contribution in [2.75, 3.05) is 0 Å². The Morgan fingerprint density at radius 3 is 2.26 bits per heavy atom. The van der Waals surface area contributed by atoms with E-state index in [0.717, 1.165) is 17.1 Å². The lowest BCUT2D eigenvalue weighted by molar-refractivity contribution is -0.137. The monoisotopic (exact) mass is 343 g/mol. The molecule has 1 aromatic carbocycles. The Morgan fingerprint density at radius 2 is 1.78 bits per heavy atom. The average molecular weight is 343 g/mol. The highest BCUT2D eigenvalue weighted by Gasteiger charge is 2.32. The van der Waals surface area contributed by atoms with Crippen LogP contribution in [0, 0.1) is 0 Å². The standard InChI is InChI=1S/C15H16F3N3OS/c1-14(2,3)23(22)20-8-11-4-6-13(7-5-11)21-10-12(9-19-21)15(16,17)18/h4-10H,1-3H3/b20-8+. The topological polar surface area (TPSA) is 47.2 Å². The third-order valence-corrected chi connectivity index (χ3v) is 4.23. The molecule has 23 heavy (non-hydrogen) atoms. The van der Waals surface area contributed by atoms with Crippen LogP contribution in [-0.4, -0.2) is 25.0 Å². The molecule has 0 spiro atoms. The van der Waals surface area contributed by atoms with Gasteiger partial charge in [0.2, 0.25) is 0 Å². The molecule has 0 aliphatic rings. The van der Waals surface area contributed by atoms with Crippen LogP contribution in [0.3, 0.4) is 0 Å². The summed E-state index contributed by atoms with van der Waals surface area (Å²) >= 11 is 0. The van der Waals surface area contributed by atoms with Crippen molar-refractivity contribution in [1.82, 2.24) is 9.78 Å². The Morgan fingerprint density at radius 1 is 1.17 bits per heavy atom. The average Bonchev–Trinajstić information content (AvgIpc) is 2.94. The maximum Gasteiger partial charge on any atom is 0.419 e. The van der Waals surface area contributed by atoms with E-state index in [4.69, 9.17) is 0 Å². The Labute approximate surface area is 134 Å². The molecule has 2 rings (SSSR count). The summed E-state index contributed by atoms with van der Waals surface area (Å²) in [6.45, 7) is 5.46. The molecule has 1 aromatic heterocycles. The summed E-state index contributed by atoms with van der Waals surface area (Å²) in [5, 5.41) is 3.70. The number of hydrogen-bond acceptors (Lipinski definition) is 2. The summed E-state index contributed by atoms with van der Waals surface area (Å²) in [6.07, 6.45) is -1.23. The van der Waals surface area contributed by atoms with E-state index in [1.165, 1.54) is 6.21 Å². The van der Waals surface area contributed by atoms with E-state index in [2.05, 4.69) is 9.50 Å². The summed E-state index contributed by atoms with van der Waals surface area (Å²) in [7, 11) is -1.36. The number of rotatable bonds is 3. The van der Waals surface area contributed by atoms with Crippen molar-refractivity contribution in [3.63, 3.8) is 0 Å². The molecule has 0 saturated heterocycles. The summed E-state index contributed by atoms with van der Waals surface area (Å²) in [5.74, 6) is 0. The van der Waals surface area contributed by atoms with Crippen molar-refractivity contribution in [3.05, 3.63) is 47.8 Å². The van der Waals surface area contributed by atoms with Crippen LogP contribution < -0.4 is 0 Å². The van der Waals surface area contributed by atoms with Crippen LogP contribution in [0.15, 0.2) is 41.1 Å². The smallest absolute Gasteiger partial charge is 0.240 e. The van der Waals surface area contributed by atoms with Crippen molar-refractivity contribution in [2.24, 2.45) is 4.40 Å². The maximum absolute atomic E-state index is 12.6. The van der Waals surface area contributed by atoms with Crippen LogP contribution in [0.5, 0.6) is 0 Å². The molecule has 0 saturated carbocycles. The molecule has 4 nitrogen and oxygen atoms in total. The van der Waals surface area contributed by atoms with Gasteiger partial charge in [0, 0.05) is 12.4 Å². The largest absolute Gasteiger partial charge is 0.419 e. The zero-order chi connectivity index (χ0) is 17.3. The summed E-state index contributed by atoms with van der Waals surface area (Å²) in [4.78, 5) is 0. The van der Waals surface area contributed by atoms with Crippen LogP contribution in [0.4, 0.5) is 13.2 Å². The van der Waals surface area contributed by atoms with Gasteiger partial charge in [0.15, 0.2) is 0 Å². The lowest BCUT2D eigenvalue weighted by Crippen LogP contribution is -2.19. The van der Waals surface area contributed by atoms with Crippen LogP contribution in [-0.2, 0) is 17.2 Å². The SMILES string of the molecule is CC(C)(C)S(=O)/N=C/c1ccc(-n2cc(C(F)(F)F)cn2)cc1. The van der Waals surface area contributed by atoms with Crippen LogP contribution >= 0.6 is 0 Å². The molecule has 1 unspecified atom stereocenters. The Balaban J connectivity index is 2.15. The van der Waals surface area contributed by atoms with Gasteiger partial charge in [-0.2, -0.15) is 22.7 Å². The Kier molecular flexibility index (Phi) is 4.74. The third kappa shape index (κ3) is 4.51. The van der Waals surface area contributed by atoms with E-state index in [1.807, 2.05) is 20.8 Å². The van der Waals surface area contributed by atoms with Crippen molar-refractivity contribution in [3.8, 4) is 5.69 Å². The molecular formula is C15H16F3N3OS. The van der Waals surface area contributed by atoms with Gasteiger partial charge in [-0.1, -0.05) is 12.1 Å². The van der Waals surface area contributed by atoms with Crippen LogP contribution in [0.2, 0.25) is 0 Å². The number of hydrogen-bond donors (Lipinski definition) is 0. The van der Waals surface area contributed by atoms with Gasteiger partial charge < -0.3 is 0 Å². The maximum atomic E-state index is 12.6. The highest BCUT2D eigenvalue weighted by atomic mass is 32.2. The lowest BCUT2D eigenvalue weighted by Gasteiger charge is -2.12. The minimum Gasteiger partial charge on any atom is -0.240 e. The van der Waals surface area contributed by atoms with Gasteiger partial charge in [0.1, 0.15) is 11.0 Å². The van der Waals surface area contributed by atoms with Crippen molar-refractivity contribution in [2.45, 2.75) is 31.7 Å². The molecule has 1 atom stereocenters. The van der Waals surface area contributed by atoms with E-state index in [9.17, 15) is 17.4 Å². The van der Waals surface area contributed by atoms with E-state index in [1.54, 1.807) is 24.3 Å². The zero-order valence-electron chi connectivity index (χ0n) is 12.8. The third-order valence-electron chi connectivity index (χ3n) is 2.89. The van der Waals surface area contributed by atoms with Gasteiger partial charge in [0.25, 0.3) is 0 Å². The predicted octanol–water partition coefficient (Wildman–Crippen LogP) is 3.77. The van der Waals surface area contributed by atoms with E-state index in [-0.39, 0.29) is 0 Å². The molecule has 0 aliphatic carbocycles. The second-order valence-corrected chi connectivity index (χ2v) is 7.79. The van der Waals surface area contributed by atoms with Gasteiger partial charge in [-0.15, -0.1) is 0 Å². The second-order valence-electron chi connectivity index (χ2n) is 5.86. The van der Waals surface area contributed by atoms with Crippen LogP contribution in [0.1, 0.15) is 31.9 Å². The number of alkyl halides is 3. The first kappa shape index (κ1) is 17.4. The van der Waals surface area contributed by atoms with Gasteiger partial charge in [-0.05, 0) is 38.5 Å². The van der Waals surface area contributed by atoms with Gasteiger partial charge in [-0.25, -0.2) is 8.89 Å². The molecule has 0 aliphatic heterocycles. The highest BCUT2D eigenvalue weighted by Crippen LogP contribution is 2.29. The fourth-order valence-corrected chi connectivity index (χ4v) is 2.12. The summed E-state index contributed by atoms with van der Waals surface area (Å²) in [5.41, 5.74) is 0.396. The minimum absolute atomic E-state index is 0.445. The minimum atomic E-state index is -4.41. The molecule has 124 valence electrons. The van der Waals surface area contributed by atoms with Crippen molar-refractivity contribution < 1.29 is 17.4 Å². The number of benzene rings is 1. The molecule has 8 heteroatoms. The molecule has 0 amide bonds.